The number of rotatable bonds is 9. The summed E-state index contributed by atoms with van der Waals surface area (Å²) in [5, 5.41) is 13.0. The molecule has 2 rings (SSSR count). The SMILES string of the molecule is C/C=C/c1ccc(OCC(=O)OCC(=O)Nc2ccc(F)c([N+](=O)[O-])c2)c(OC)c1. The number of ether oxygens (including phenoxy) is 3. The van der Waals surface area contributed by atoms with E-state index in [1.54, 1.807) is 18.2 Å². The molecule has 0 spiro atoms. The molecule has 2 aromatic rings. The Bertz CT molecular complexity index is 976. The first-order valence-electron chi connectivity index (χ1n) is 8.67. The third kappa shape index (κ3) is 6.30. The minimum Gasteiger partial charge on any atom is -0.493 e. The molecule has 0 aliphatic heterocycles. The first-order chi connectivity index (χ1) is 14.3. The Morgan fingerprint density at radius 2 is 1.93 bits per heavy atom. The Morgan fingerprint density at radius 3 is 2.60 bits per heavy atom. The van der Waals surface area contributed by atoms with Gasteiger partial charge in [0.1, 0.15) is 0 Å². The van der Waals surface area contributed by atoms with Gasteiger partial charge in [0.2, 0.25) is 5.82 Å². The number of benzene rings is 2. The summed E-state index contributed by atoms with van der Waals surface area (Å²) in [7, 11) is 1.46. The summed E-state index contributed by atoms with van der Waals surface area (Å²) >= 11 is 0. The highest BCUT2D eigenvalue weighted by Crippen LogP contribution is 2.28. The van der Waals surface area contributed by atoms with E-state index in [9.17, 15) is 24.1 Å². The van der Waals surface area contributed by atoms with Crippen LogP contribution in [0.5, 0.6) is 11.5 Å². The summed E-state index contributed by atoms with van der Waals surface area (Å²) < 4.78 is 28.7. The number of nitro groups is 1. The van der Waals surface area contributed by atoms with Crippen LogP contribution in [-0.4, -0.2) is 37.1 Å². The number of hydrogen-bond acceptors (Lipinski definition) is 7. The van der Waals surface area contributed by atoms with Crippen LogP contribution in [0.25, 0.3) is 6.08 Å². The van der Waals surface area contributed by atoms with E-state index in [4.69, 9.17) is 14.2 Å². The summed E-state index contributed by atoms with van der Waals surface area (Å²) in [6.45, 7) is 0.764. The van der Waals surface area contributed by atoms with Gasteiger partial charge in [0.05, 0.1) is 12.0 Å². The molecule has 0 radical (unpaired) electrons. The molecule has 9 nitrogen and oxygen atoms in total. The van der Waals surface area contributed by atoms with Crippen LogP contribution in [0.3, 0.4) is 0 Å². The molecule has 0 aliphatic carbocycles. The van der Waals surface area contributed by atoms with Crippen LogP contribution in [0.2, 0.25) is 0 Å². The average molecular weight is 418 g/mol. The molecule has 10 heteroatoms. The van der Waals surface area contributed by atoms with Gasteiger partial charge in [0.25, 0.3) is 5.91 Å². The second-order valence-electron chi connectivity index (χ2n) is 5.83. The molecule has 2 aromatic carbocycles. The lowest BCUT2D eigenvalue weighted by molar-refractivity contribution is -0.387. The highest BCUT2D eigenvalue weighted by atomic mass is 19.1. The van der Waals surface area contributed by atoms with E-state index < -0.39 is 41.5 Å². The Kier molecular flexibility index (Phi) is 7.86. The smallest absolute Gasteiger partial charge is 0.344 e. The van der Waals surface area contributed by atoms with Crippen LogP contribution in [0.4, 0.5) is 15.8 Å². The van der Waals surface area contributed by atoms with E-state index in [-0.39, 0.29) is 5.69 Å². The number of amides is 1. The molecule has 158 valence electrons. The lowest BCUT2D eigenvalue weighted by atomic mass is 10.2. The van der Waals surface area contributed by atoms with Gasteiger partial charge in [0, 0.05) is 11.8 Å². The number of methoxy groups -OCH3 is 1. The first kappa shape index (κ1) is 22.3. The van der Waals surface area contributed by atoms with E-state index >= 15 is 0 Å². The molecular formula is C20H19FN2O7. The number of carbonyl (C=O) groups excluding carboxylic acids is 2. The molecule has 0 atom stereocenters. The van der Waals surface area contributed by atoms with Gasteiger partial charge in [-0.25, -0.2) is 4.79 Å². The summed E-state index contributed by atoms with van der Waals surface area (Å²) in [6, 6.07) is 8.00. The monoisotopic (exact) mass is 418 g/mol. The Labute approximate surface area is 171 Å². The van der Waals surface area contributed by atoms with Crippen molar-refractivity contribution in [2.75, 3.05) is 25.6 Å². The van der Waals surface area contributed by atoms with E-state index in [2.05, 4.69) is 5.32 Å². The molecule has 0 aromatic heterocycles. The number of esters is 1. The maximum Gasteiger partial charge on any atom is 0.344 e. The highest BCUT2D eigenvalue weighted by Gasteiger charge is 2.16. The molecule has 0 aliphatic rings. The zero-order valence-electron chi connectivity index (χ0n) is 16.2. The minimum atomic E-state index is -1.03. The quantitative estimate of drug-likeness (QED) is 0.377. The number of anilines is 1. The maximum atomic E-state index is 13.3. The molecule has 0 heterocycles. The second-order valence-corrected chi connectivity index (χ2v) is 5.83. The lowest BCUT2D eigenvalue weighted by Gasteiger charge is -2.11. The molecular weight excluding hydrogens is 399 g/mol. The number of nitro benzene ring substituents is 1. The minimum absolute atomic E-state index is 0.00801. The van der Waals surface area contributed by atoms with E-state index in [0.717, 1.165) is 23.8 Å². The number of nitrogens with one attached hydrogen (secondary N) is 1. The van der Waals surface area contributed by atoms with Crippen molar-refractivity contribution in [3.05, 3.63) is 64.0 Å². The summed E-state index contributed by atoms with van der Waals surface area (Å²) in [4.78, 5) is 33.5. The number of allylic oxidation sites excluding steroid dienone is 1. The van der Waals surface area contributed by atoms with Crippen molar-refractivity contribution >= 4 is 29.3 Å². The number of hydrogen-bond donors (Lipinski definition) is 1. The lowest BCUT2D eigenvalue weighted by Crippen LogP contribution is -2.23. The van der Waals surface area contributed by atoms with Crippen molar-refractivity contribution in [1.29, 1.82) is 0 Å². The number of halogens is 1. The van der Waals surface area contributed by atoms with Crippen LogP contribution >= 0.6 is 0 Å². The standard InChI is InChI=1S/C20H19FN2O7/c1-3-4-13-5-8-17(18(9-13)28-2)29-12-20(25)30-11-19(24)22-14-6-7-15(21)16(10-14)23(26)27/h3-10H,11-12H2,1-2H3,(H,22,24)/b4-3+. The van der Waals surface area contributed by atoms with Crippen LogP contribution in [0.15, 0.2) is 42.5 Å². The fraction of sp³-hybridized carbons (Fsp3) is 0.200. The van der Waals surface area contributed by atoms with E-state index in [0.29, 0.717) is 11.5 Å². The largest absolute Gasteiger partial charge is 0.493 e. The number of carbonyl (C=O) groups is 2. The molecule has 30 heavy (non-hydrogen) atoms. The van der Waals surface area contributed by atoms with Gasteiger partial charge >= 0.3 is 11.7 Å². The van der Waals surface area contributed by atoms with Gasteiger partial charge in [-0.1, -0.05) is 18.2 Å². The van der Waals surface area contributed by atoms with Gasteiger partial charge < -0.3 is 19.5 Å². The molecule has 1 N–H and O–H groups in total. The first-order valence-corrected chi connectivity index (χ1v) is 8.67. The van der Waals surface area contributed by atoms with Crippen LogP contribution in [-0.2, 0) is 14.3 Å². The Morgan fingerprint density at radius 1 is 1.17 bits per heavy atom. The topological polar surface area (TPSA) is 117 Å². The predicted octanol–water partition coefficient (Wildman–Crippen LogP) is 3.34. The Balaban J connectivity index is 1.85. The zero-order chi connectivity index (χ0) is 22.1. The fourth-order valence-electron chi connectivity index (χ4n) is 2.35. The molecule has 0 unspecified atom stereocenters. The third-order valence-electron chi connectivity index (χ3n) is 3.68. The second kappa shape index (κ2) is 10.6. The number of nitrogens with zero attached hydrogens (tertiary/aromatic N) is 1. The van der Waals surface area contributed by atoms with E-state index in [1.165, 1.54) is 7.11 Å². The van der Waals surface area contributed by atoms with Crippen molar-refractivity contribution in [3.8, 4) is 11.5 Å². The molecule has 1 amide bonds. The zero-order valence-corrected chi connectivity index (χ0v) is 16.2. The van der Waals surface area contributed by atoms with Crippen molar-refractivity contribution in [1.82, 2.24) is 0 Å². The van der Waals surface area contributed by atoms with Crippen LogP contribution in [0.1, 0.15) is 12.5 Å². The van der Waals surface area contributed by atoms with Crippen LogP contribution < -0.4 is 14.8 Å². The third-order valence-corrected chi connectivity index (χ3v) is 3.68. The van der Waals surface area contributed by atoms with Crippen molar-refractivity contribution in [2.24, 2.45) is 0 Å². The average Bonchev–Trinajstić information content (AvgIpc) is 2.72. The maximum absolute atomic E-state index is 13.3. The molecule has 0 bridgehead atoms. The predicted molar refractivity (Wildman–Crippen MR) is 106 cm³/mol. The van der Waals surface area contributed by atoms with Gasteiger partial charge in [-0.15, -0.1) is 0 Å². The summed E-state index contributed by atoms with van der Waals surface area (Å²) in [5.74, 6) is -1.84. The van der Waals surface area contributed by atoms with Crippen molar-refractivity contribution < 1.29 is 33.1 Å². The van der Waals surface area contributed by atoms with Gasteiger partial charge in [-0.2, -0.15) is 4.39 Å². The fourth-order valence-corrected chi connectivity index (χ4v) is 2.35. The normalized spacial score (nSPS) is 10.5. The van der Waals surface area contributed by atoms with Gasteiger partial charge in [-0.05, 0) is 36.8 Å². The molecule has 0 fully saturated rings. The molecule has 0 saturated heterocycles. The molecule has 0 saturated carbocycles. The van der Waals surface area contributed by atoms with Gasteiger partial charge in [-0.3, -0.25) is 14.9 Å². The van der Waals surface area contributed by atoms with Crippen molar-refractivity contribution in [2.45, 2.75) is 6.92 Å². The highest BCUT2D eigenvalue weighted by molar-refractivity contribution is 5.93. The summed E-state index contributed by atoms with van der Waals surface area (Å²) in [6.07, 6.45) is 3.73. The summed E-state index contributed by atoms with van der Waals surface area (Å²) in [5.41, 5.74) is 0.0981. The van der Waals surface area contributed by atoms with Crippen LogP contribution in [0, 0.1) is 15.9 Å². The van der Waals surface area contributed by atoms with Crippen molar-refractivity contribution in [3.63, 3.8) is 0 Å². The van der Waals surface area contributed by atoms with E-state index in [1.807, 2.05) is 19.1 Å². The Hall–Kier alpha value is -3.95. The van der Waals surface area contributed by atoms with Gasteiger partial charge in [0.15, 0.2) is 24.7 Å².